The van der Waals surface area contributed by atoms with Crippen LogP contribution in [0.15, 0.2) is 16.6 Å². The van der Waals surface area contributed by atoms with Crippen LogP contribution in [0.25, 0.3) is 0 Å². The summed E-state index contributed by atoms with van der Waals surface area (Å²) >= 11 is 3.67. The molecule has 21 heavy (non-hydrogen) atoms. The molecule has 0 spiro atoms. The minimum atomic E-state index is -0.348. The van der Waals surface area contributed by atoms with E-state index in [9.17, 15) is 5.11 Å². The molecule has 1 aromatic rings. The Hall–Kier alpha value is -0.420. The number of rotatable bonds is 1. The zero-order chi connectivity index (χ0) is 15.4. The highest BCUT2D eigenvalue weighted by Crippen LogP contribution is 2.48. The largest absolute Gasteiger partial charge is 0.392 e. The number of halogens is 1. The Morgan fingerprint density at radius 2 is 1.71 bits per heavy atom. The maximum atomic E-state index is 10.6. The first-order valence-electron chi connectivity index (χ1n) is 7.49. The quantitative estimate of drug-likeness (QED) is 0.833. The number of fused-ring (bicyclic) bond motifs is 1. The Bertz CT molecular complexity index is 559. The fourth-order valence-electron chi connectivity index (χ4n) is 3.43. The Balaban J connectivity index is 2.16. The predicted octanol–water partition coefficient (Wildman–Crippen LogP) is 3.81. The topological polar surface area (TPSA) is 38.7 Å². The van der Waals surface area contributed by atoms with Crippen molar-refractivity contribution < 1.29 is 14.6 Å². The van der Waals surface area contributed by atoms with Crippen LogP contribution in [0, 0.1) is 0 Å². The standard InChI is InChI=1S/C17H23BrO3/c1-16(2)9-14(19)17(3,4)12-7-10(13(18)8-11(12)16)15-20-5-6-21-15/h7-8,14-15,19H,5-6,9H2,1-4H3. The van der Waals surface area contributed by atoms with Crippen LogP contribution < -0.4 is 0 Å². The average Bonchev–Trinajstić information content (AvgIpc) is 2.89. The van der Waals surface area contributed by atoms with Crippen molar-refractivity contribution >= 4 is 15.9 Å². The summed E-state index contributed by atoms with van der Waals surface area (Å²) in [5.74, 6) is 0. The minimum absolute atomic E-state index is 0.0390. The zero-order valence-corrected chi connectivity index (χ0v) is 14.7. The normalized spacial score (nSPS) is 27.6. The van der Waals surface area contributed by atoms with E-state index in [1.165, 1.54) is 11.1 Å². The third-order valence-corrected chi connectivity index (χ3v) is 5.66. The van der Waals surface area contributed by atoms with Gasteiger partial charge in [0.05, 0.1) is 19.3 Å². The Morgan fingerprint density at radius 1 is 1.10 bits per heavy atom. The predicted molar refractivity (Wildman–Crippen MR) is 85.5 cm³/mol. The third-order valence-electron chi connectivity index (χ3n) is 4.97. The molecule has 1 atom stereocenters. The van der Waals surface area contributed by atoms with Gasteiger partial charge in [-0.3, -0.25) is 0 Å². The molecule has 1 N–H and O–H groups in total. The summed E-state index contributed by atoms with van der Waals surface area (Å²) in [5.41, 5.74) is 3.21. The van der Waals surface area contributed by atoms with Gasteiger partial charge >= 0.3 is 0 Å². The molecule has 1 unspecified atom stereocenters. The lowest BCUT2D eigenvalue weighted by Crippen LogP contribution is -2.45. The van der Waals surface area contributed by atoms with Crippen LogP contribution in [-0.4, -0.2) is 24.4 Å². The van der Waals surface area contributed by atoms with Gasteiger partial charge in [0.25, 0.3) is 0 Å². The van der Waals surface area contributed by atoms with Gasteiger partial charge in [0, 0.05) is 15.5 Å². The molecule has 0 amide bonds. The van der Waals surface area contributed by atoms with E-state index < -0.39 is 0 Å². The fraction of sp³-hybridized carbons (Fsp3) is 0.647. The van der Waals surface area contributed by atoms with Gasteiger partial charge in [0.2, 0.25) is 0 Å². The molecule has 1 aliphatic heterocycles. The number of aliphatic hydroxyl groups is 1. The molecule has 0 saturated carbocycles. The molecule has 0 radical (unpaired) electrons. The number of ether oxygens (including phenoxy) is 2. The molecule has 4 heteroatoms. The summed E-state index contributed by atoms with van der Waals surface area (Å²) in [7, 11) is 0. The summed E-state index contributed by atoms with van der Waals surface area (Å²) in [5, 5.41) is 10.6. The zero-order valence-electron chi connectivity index (χ0n) is 13.1. The molecular formula is C17H23BrO3. The highest BCUT2D eigenvalue weighted by atomic mass is 79.9. The summed E-state index contributed by atoms with van der Waals surface area (Å²) in [4.78, 5) is 0. The van der Waals surface area contributed by atoms with Crippen molar-refractivity contribution in [2.75, 3.05) is 13.2 Å². The van der Waals surface area contributed by atoms with E-state index in [4.69, 9.17) is 9.47 Å². The van der Waals surface area contributed by atoms with E-state index in [0.717, 1.165) is 16.5 Å². The summed E-state index contributed by atoms with van der Waals surface area (Å²) in [6.45, 7) is 9.87. The highest BCUT2D eigenvalue weighted by molar-refractivity contribution is 9.10. The van der Waals surface area contributed by atoms with Crippen molar-refractivity contribution in [3.8, 4) is 0 Å². The smallest absolute Gasteiger partial charge is 0.185 e. The van der Waals surface area contributed by atoms with Crippen molar-refractivity contribution in [3.63, 3.8) is 0 Å². The number of aliphatic hydroxyl groups excluding tert-OH is 1. The van der Waals surface area contributed by atoms with E-state index in [0.29, 0.717) is 13.2 Å². The van der Waals surface area contributed by atoms with E-state index >= 15 is 0 Å². The van der Waals surface area contributed by atoms with Crippen molar-refractivity contribution in [1.82, 2.24) is 0 Å². The van der Waals surface area contributed by atoms with Crippen molar-refractivity contribution in [2.24, 2.45) is 0 Å². The van der Waals surface area contributed by atoms with Gasteiger partial charge in [0.15, 0.2) is 6.29 Å². The van der Waals surface area contributed by atoms with E-state index in [1.807, 2.05) is 0 Å². The van der Waals surface area contributed by atoms with Crippen LogP contribution in [0.2, 0.25) is 0 Å². The summed E-state index contributed by atoms with van der Waals surface area (Å²) in [6.07, 6.45) is 0.122. The maximum absolute atomic E-state index is 10.6. The van der Waals surface area contributed by atoms with E-state index in [-0.39, 0.29) is 23.2 Å². The number of hydrogen-bond donors (Lipinski definition) is 1. The van der Waals surface area contributed by atoms with Crippen molar-refractivity contribution in [3.05, 3.63) is 33.3 Å². The van der Waals surface area contributed by atoms with Gasteiger partial charge in [-0.05, 0) is 35.1 Å². The highest BCUT2D eigenvalue weighted by Gasteiger charge is 2.44. The summed E-state index contributed by atoms with van der Waals surface area (Å²) < 4.78 is 12.3. The molecule has 116 valence electrons. The number of hydrogen-bond acceptors (Lipinski definition) is 3. The molecule has 1 aliphatic carbocycles. The van der Waals surface area contributed by atoms with Gasteiger partial charge in [-0.15, -0.1) is 0 Å². The Morgan fingerprint density at radius 3 is 2.33 bits per heavy atom. The first-order chi connectivity index (χ1) is 9.73. The molecule has 1 aromatic carbocycles. The molecule has 1 saturated heterocycles. The second-order valence-electron chi connectivity index (χ2n) is 7.32. The van der Waals surface area contributed by atoms with Gasteiger partial charge in [-0.2, -0.15) is 0 Å². The summed E-state index contributed by atoms with van der Waals surface area (Å²) in [6, 6.07) is 4.34. The molecule has 1 fully saturated rings. The lowest BCUT2D eigenvalue weighted by molar-refractivity contribution is -0.0449. The first-order valence-corrected chi connectivity index (χ1v) is 8.28. The van der Waals surface area contributed by atoms with E-state index in [1.54, 1.807) is 0 Å². The molecule has 2 aliphatic rings. The Labute approximate surface area is 134 Å². The molecule has 3 rings (SSSR count). The SMILES string of the molecule is CC1(C)CC(O)C(C)(C)c2cc(C3OCCO3)c(Br)cc21. The second-order valence-corrected chi connectivity index (χ2v) is 8.17. The number of benzene rings is 1. The molecule has 0 bridgehead atoms. The fourth-order valence-corrected chi connectivity index (χ4v) is 3.96. The van der Waals surface area contributed by atoms with Crippen molar-refractivity contribution in [2.45, 2.75) is 57.3 Å². The Kier molecular flexibility index (Phi) is 3.72. The van der Waals surface area contributed by atoms with Gasteiger partial charge in [0.1, 0.15) is 0 Å². The minimum Gasteiger partial charge on any atom is -0.392 e. The second kappa shape index (κ2) is 5.05. The first kappa shape index (κ1) is 15.5. The van der Waals surface area contributed by atoms with Gasteiger partial charge in [-0.25, -0.2) is 0 Å². The molecule has 1 heterocycles. The van der Waals surface area contributed by atoms with Crippen LogP contribution in [-0.2, 0) is 20.3 Å². The van der Waals surface area contributed by atoms with Crippen LogP contribution in [0.3, 0.4) is 0 Å². The van der Waals surface area contributed by atoms with Gasteiger partial charge < -0.3 is 14.6 Å². The molecule has 3 nitrogen and oxygen atoms in total. The lowest BCUT2D eigenvalue weighted by Gasteiger charge is -2.45. The monoisotopic (exact) mass is 354 g/mol. The van der Waals surface area contributed by atoms with Crippen LogP contribution in [0.4, 0.5) is 0 Å². The van der Waals surface area contributed by atoms with Crippen molar-refractivity contribution in [1.29, 1.82) is 0 Å². The van der Waals surface area contributed by atoms with Crippen LogP contribution >= 0.6 is 15.9 Å². The maximum Gasteiger partial charge on any atom is 0.185 e. The lowest BCUT2D eigenvalue weighted by atomic mass is 9.61. The van der Waals surface area contributed by atoms with Crippen LogP contribution in [0.5, 0.6) is 0 Å². The van der Waals surface area contributed by atoms with Crippen LogP contribution in [0.1, 0.15) is 57.1 Å². The van der Waals surface area contributed by atoms with E-state index in [2.05, 4.69) is 55.8 Å². The molecular weight excluding hydrogens is 332 g/mol. The molecule has 0 aromatic heterocycles. The third kappa shape index (κ3) is 2.46. The average molecular weight is 355 g/mol. The van der Waals surface area contributed by atoms with Gasteiger partial charge in [-0.1, -0.05) is 43.6 Å².